The highest BCUT2D eigenvalue weighted by molar-refractivity contribution is 5.72. The Morgan fingerprint density at radius 2 is 1.76 bits per heavy atom. The molecule has 2 aromatic rings. The first-order valence-corrected chi connectivity index (χ1v) is 4.84. The van der Waals surface area contributed by atoms with Crippen molar-refractivity contribution in [2.45, 2.75) is 6.18 Å². The van der Waals surface area contributed by atoms with Gasteiger partial charge in [0.25, 0.3) is 0 Å². The lowest BCUT2D eigenvalue weighted by molar-refractivity contribution is -0.137. The van der Waals surface area contributed by atoms with Gasteiger partial charge in [0.05, 0.1) is 23.1 Å². The minimum atomic E-state index is -4.32. The number of alkyl halides is 3. The summed E-state index contributed by atoms with van der Waals surface area (Å²) in [7, 11) is 1.68. The molecule has 1 aromatic carbocycles. The second-order valence-corrected chi connectivity index (χ2v) is 3.65. The van der Waals surface area contributed by atoms with Crippen LogP contribution in [0.15, 0.2) is 30.5 Å². The SMILES string of the molecule is Cn1ncc(N)c1-c1ccc(C(F)(F)F)cc1. The van der Waals surface area contributed by atoms with Crippen LogP contribution in [-0.2, 0) is 13.2 Å². The number of nitrogens with zero attached hydrogens (tertiary/aromatic N) is 2. The topological polar surface area (TPSA) is 43.8 Å². The first kappa shape index (κ1) is 11.5. The van der Waals surface area contributed by atoms with Gasteiger partial charge in [-0.1, -0.05) is 12.1 Å². The van der Waals surface area contributed by atoms with E-state index >= 15 is 0 Å². The van der Waals surface area contributed by atoms with Crippen LogP contribution in [0.25, 0.3) is 11.3 Å². The van der Waals surface area contributed by atoms with Crippen LogP contribution in [0.2, 0.25) is 0 Å². The molecule has 0 aliphatic carbocycles. The predicted molar refractivity (Wildman–Crippen MR) is 58.1 cm³/mol. The molecule has 0 bridgehead atoms. The van der Waals surface area contributed by atoms with Crippen LogP contribution >= 0.6 is 0 Å². The quantitative estimate of drug-likeness (QED) is 0.834. The van der Waals surface area contributed by atoms with Crippen molar-refractivity contribution in [2.24, 2.45) is 7.05 Å². The first-order chi connectivity index (χ1) is 7.89. The fourth-order valence-corrected chi connectivity index (χ4v) is 1.63. The number of anilines is 1. The zero-order valence-electron chi connectivity index (χ0n) is 8.99. The highest BCUT2D eigenvalue weighted by Crippen LogP contribution is 2.32. The Kier molecular flexibility index (Phi) is 2.57. The van der Waals surface area contributed by atoms with Gasteiger partial charge in [-0.25, -0.2) is 0 Å². The lowest BCUT2D eigenvalue weighted by atomic mass is 10.1. The van der Waals surface area contributed by atoms with Gasteiger partial charge in [-0.2, -0.15) is 18.3 Å². The smallest absolute Gasteiger partial charge is 0.396 e. The standard InChI is InChI=1S/C11H10F3N3/c1-17-10(9(15)6-16-17)7-2-4-8(5-3-7)11(12,13)14/h2-6H,15H2,1H3. The number of nitrogen functional groups attached to an aromatic ring is 1. The summed E-state index contributed by atoms with van der Waals surface area (Å²) in [6.07, 6.45) is -2.86. The number of halogens is 3. The van der Waals surface area contributed by atoms with Gasteiger partial charge in [0, 0.05) is 12.6 Å². The van der Waals surface area contributed by atoms with Crippen molar-refractivity contribution in [3.63, 3.8) is 0 Å². The van der Waals surface area contributed by atoms with Crippen molar-refractivity contribution in [3.05, 3.63) is 36.0 Å². The maximum atomic E-state index is 12.4. The summed E-state index contributed by atoms with van der Waals surface area (Å²) < 4.78 is 38.7. The van der Waals surface area contributed by atoms with Crippen molar-refractivity contribution in [1.29, 1.82) is 0 Å². The zero-order valence-corrected chi connectivity index (χ0v) is 8.99. The normalized spacial score (nSPS) is 11.8. The second kappa shape index (κ2) is 3.80. The molecule has 6 heteroatoms. The molecule has 0 unspecified atom stereocenters. The number of hydrogen-bond acceptors (Lipinski definition) is 2. The van der Waals surface area contributed by atoms with Gasteiger partial charge in [0.2, 0.25) is 0 Å². The van der Waals surface area contributed by atoms with E-state index in [9.17, 15) is 13.2 Å². The minimum Gasteiger partial charge on any atom is -0.396 e. The molecule has 0 spiro atoms. The van der Waals surface area contributed by atoms with Gasteiger partial charge in [0.1, 0.15) is 0 Å². The largest absolute Gasteiger partial charge is 0.416 e. The minimum absolute atomic E-state index is 0.437. The fourth-order valence-electron chi connectivity index (χ4n) is 1.63. The van der Waals surface area contributed by atoms with Crippen LogP contribution in [0.4, 0.5) is 18.9 Å². The number of rotatable bonds is 1. The van der Waals surface area contributed by atoms with Gasteiger partial charge in [-0.05, 0) is 12.1 Å². The summed E-state index contributed by atoms with van der Waals surface area (Å²) in [5.41, 5.74) is 6.67. The van der Waals surface area contributed by atoms with Gasteiger partial charge in [0.15, 0.2) is 0 Å². The summed E-state index contributed by atoms with van der Waals surface area (Å²) in [6, 6.07) is 4.83. The molecule has 17 heavy (non-hydrogen) atoms. The third kappa shape index (κ3) is 2.11. The highest BCUT2D eigenvalue weighted by Gasteiger charge is 2.30. The average Bonchev–Trinajstić information content (AvgIpc) is 2.58. The Balaban J connectivity index is 2.43. The number of hydrogen-bond donors (Lipinski definition) is 1. The van der Waals surface area contributed by atoms with Crippen molar-refractivity contribution in [1.82, 2.24) is 9.78 Å². The number of aryl methyl sites for hydroxylation is 1. The van der Waals surface area contributed by atoms with E-state index in [0.29, 0.717) is 16.9 Å². The highest BCUT2D eigenvalue weighted by atomic mass is 19.4. The Morgan fingerprint density at radius 3 is 2.18 bits per heavy atom. The molecule has 0 aliphatic rings. The van der Waals surface area contributed by atoms with Crippen molar-refractivity contribution >= 4 is 5.69 Å². The second-order valence-electron chi connectivity index (χ2n) is 3.65. The Morgan fingerprint density at radius 1 is 1.18 bits per heavy atom. The van der Waals surface area contributed by atoms with Crippen LogP contribution in [0.3, 0.4) is 0 Å². The number of nitrogens with two attached hydrogens (primary N) is 1. The number of aromatic nitrogens is 2. The van der Waals surface area contributed by atoms with Crippen LogP contribution in [0.1, 0.15) is 5.56 Å². The summed E-state index contributed by atoms with van der Waals surface area (Å²) in [5.74, 6) is 0. The lowest BCUT2D eigenvalue weighted by Crippen LogP contribution is -2.04. The Hall–Kier alpha value is -1.98. The fraction of sp³-hybridized carbons (Fsp3) is 0.182. The molecule has 2 N–H and O–H groups in total. The van der Waals surface area contributed by atoms with Crippen molar-refractivity contribution in [2.75, 3.05) is 5.73 Å². The van der Waals surface area contributed by atoms with Gasteiger partial charge in [-0.3, -0.25) is 4.68 Å². The van der Waals surface area contributed by atoms with E-state index < -0.39 is 11.7 Å². The van der Waals surface area contributed by atoms with Crippen LogP contribution < -0.4 is 5.73 Å². The molecule has 0 aliphatic heterocycles. The molecule has 0 saturated heterocycles. The van der Waals surface area contributed by atoms with Gasteiger partial charge in [-0.15, -0.1) is 0 Å². The van der Waals surface area contributed by atoms with E-state index in [2.05, 4.69) is 5.10 Å². The van der Waals surface area contributed by atoms with E-state index in [4.69, 9.17) is 5.73 Å². The van der Waals surface area contributed by atoms with Crippen molar-refractivity contribution < 1.29 is 13.2 Å². The molecule has 0 saturated carbocycles. The molecule has 90 valence electrons. The van der Waals surface area contributed by atoms with Crippen LogP contribution in [-0.4, -0.2) is 9.78 Å². The summed E-state index contributed by atoms with van der Waals surface area (Å²) in [5, 5.41) is 3.93. The molecule has 0 amide bonds. The Labute approximate surface area is 95.7 Å². The van der Waals surface area contributed by atoms with E-state index in [1.807, 2.05) is 0 Å². The monoisotopic (exact) mass is 241 g/mol. The first-order valence-electron chi connectivity index (χ1n) is 4.84. The molecule has 0 radical (unpaired) electrons. The molecular formula is C11H10F3N3. The van der Waals surface area contributed by atoms with Crippen molar-refractivity contribution in [3.8, 4) is 11.3 Å². The average molecular weight is 241 g/mol. The molecule has 0 fully saturated rings. The summed E-state index contributed by atoms with van der Waals surface area (Å²) >= 11 is 0. The van der Waals surface area contributed by atoms with Crippen LogP contribution in [0, 0.1) is 0 Å². The molecule has 2 rings (SSSR count). The lowest BCUT2D eigenvalue weighted by Gasteiger charge is -2.08. The van der Waals surface area contributed by atoms with Gasteiger partial charge < -0.3 is 5.73 Å². The van der Waals surface area contributed by atoms with E-state index in [0.717, 1.165) is 12.1 Å². The maximum Gasteiger partial charge on any atom is 0.416 e. The van der Waals surface area contributed by atoms with E-state index in [1.54, 1.807) is 7.05 Å². The Bertz CT molecular complexity index is 506. The summed E-state index contributed by atoms with van der Waals surface area (Å²) in [4.78, 5) is 0. The third-order valence-electron chi connectivity index (χ3n) is 2.45. The predicted octanol–water partition coefficient (Wildman–Crippen LogP) is 2.69. The van der Waals surface area contributed by atoms with Gasteiger partial charge >= 0.3 is 6.18 Å². The summed E-state index contributed by atoms with van der Waals surface area (Å²) in [6.45, 7) is 0. The van der Waals surface area contributed by atoms with E-state index in [1.165, 1.54) is 23.0 Å². The molecular weight excluding hydrogens is 231 g/mol. The third-order valence-corrected chi connectivity index (χ3v) is 2.45. The van der Waals surface area contributed by atoms with E-state index in [-0.39, 0.29) is 0 Å². The molecule has 1 heterocycles. The molecule has 1 aromatic heterocycles. The zero-order chi connectivity index (χ0) is 12.6. The number of benzene rings is 1. The molecule has 3 nitrogen and oxygen atoms in total. The maximum absolute atomic E-state index is 12.4. The van der Waals surface area contributed by atoms with Crippen LogP contribution in [0.5, 0.6) is 0 Å². The molecule has 0 atom stereocenters.